The molecule has 0 fully saturated rings. The van der Waals surface area contributed by atoms with Crippen LogP contribution in [0.25, 0.3) is 0 Å². The fraction of sp³-hybridized carbons (Fsp3) is 0.294. The molecule has 1 N–H and O–H groups in total. The highest BCUT2D eigenvalue weighted by molar-refractivity contribution is 5.36. The fourth-order valence-electron chi connectivity index (χ4n) is 2.00. The van der Waals surface area contributed by atoms with Gasteiger partial charge in [-0.25, -0.2) is 4.39 Å². The standard InChI is InChI=1S/C17H20FNO2/c1-3-19-11-13-7-8-17(16(18)10-13)21-15-6-4-5-14(9-15)12-20-2/h4-10,19H,3,11-12H2,1-2H3. The van der Waals surface area contributed by atoms with Gasteiger partial charge in [0.2, 0.25) is 0 Å². The zero-order valence-corrected chi connectivity index (χ0v) is 12.4. The Morgan fingerprint density at radius 2 is 1.95 bits per heavy atom. The van der Waals surface area contributed by atoms with Crippen LogP contribution in [0.2, 0.25) is 0 Å². The summed E-state index contributed by atoms with van der Waals surface area (Å²) < 4.78 is 24.7. The molecule has 2 rings (SSSR count). The Bertz CT molecular complexity index is 587. The van der Waals surface area contributed by atoms with Crippen LogP contribution in [0.15, 0.2) is 42.5 Å². The molecule has 21 heavy (non-hydrogen) atoms. The van der Waals surface area contributed by atoms with E-state index in [1.165, 1.54) is 6.07 Å². The molecular weight excluding hydrogens is 269 g/mol. The molecule has 112 valence electrons. The van der Waals surface area contributed by atoms with Crippen molar-refractivity contribution in [3.8, 4) is 11.5 Å². The smallest absolute Gasteiger partial charge is 0.166 e. The molecule has 0 bridgehead atoms. The summed E-state index contributed by atoms with van der Waals surface area (Å²) in [6.07, 6.45) is 0. The molecular formula is C17H20FNO2. The van der Waals surface area contributed by atoms with Crippen molar-refractivity contribution in [3.05, 3.63) is 59.4 Å². The van der Waals surface area contributed by atoms with Gasteiger partial charge in [0.05, 0.1) is 6.61 Å². The largest absolute Gasteiger partial charge is 0.454 e. The van der Waals surface area contributed by atoms with Crippen molar-refractivity contribution < 1.29 is 13.9 Å². The number of hydrogen-bond acceptors (Lipinski definition) is 3. The SMILES string of the molecule is CCNCc1ccc(Oc2cccc(COC)c2)c(F)c1. The van der Waals surface area contributed by atoms with Crippen molar-refractivity contribution in [1.82, 2.24) is 5.32 Å². The summed E-state index contributed by atoms with van der Waals surface area (Å²) in [5.74, 6) is 0.468. The van der Waals surface area contributed by atoms with E-state index in [1.54, 1.807) is 19.2 Å². The van der Waals surface area contributed by atoms with Gasteiger partial charge in [0.1, 0.15) is 5.75 Å². The first-order valence-electron chi connectivity index (χ1n) is 6.97. The van der Waals surface area contributed by atoms with Crippen molar-refractivity contribution in [1.29, 1.82) is 0 Å². The Kier molecular flexibility index (Phi) is 5.72. The normalized spacial score (nSPS) is 10.6. The van der Waals surface area contributed by atoms with Crippen LogP contribution in [-0.4, -0.2) is 13.7 Å². The predicted octanol–water partition coefficient (Wildman–Crippen LogP) is 3.87. The maximum absolute atomic E-state index is 14.0. The molecule has 3 nitrogen and oxygen atoms in total. The lowest BCUT2D eigenvalue weighted by atomic mass is 10.2. The molecule has 0 spiro atoms. The zero-order chi connectivity index (χ0) is 15.1. The van der Waals surface area contributed by atoms with Crippen LogP contribution in [0, 0.1) is 5.82 Å². The highest BCUT2D eigenvalue weighted by atomic mass is 19.1. The average molecular weight is 289 g/mol. The summed E-state index contributed by atoms with van der Waals surface area (Å²) in [4.78, 5) is 0. The summed E-state index contributed by atoms with van der Waals surface area (Å²) >= 11 is 0. The monoisotopic (exact) mass is 289 g/mol. The van der Waals surface area contributed by atoms with Crippen molar-refractivity contribution >= 4 is 0 Å². The maximum Gasteiger partial charge on any atom is 0.166 e. The van der Waals surface area contributed by atoms with E-state index in [9.17, 15) is 4.39 Å². The van der Waals surface area contributed by atoms with E-state index in [-0.39, 0.29) is 11.6 Å². The number of hydrogen-bond donors (Lipinski definition) is 1. The van der Waals surface area contributed by atoms with Crippen LogP contribution in [0.4, 0.5) is 4.39 Å². The molecule has 0 unspecified atom stereocenters. The van der Waals surface area contributed by atoms with Gasteiger partial charge >= 0.3 is 0 Å². The molecule has 0 amide bonds. The molecule has 0 saturated heterocycles. The van der Waals surface area contributed by atoms with Gasteiger partial charge in [0, 0.05) is 13.7 Å². The third-order valence-electron chi connectivity index (χ3n) is 3.01. The zero-order valence-electron chi connectivity index (χ0n) is 12.4. The van der Waals surface area contributed by atoms with E-state index < -0.39 is 0 Å². The molecule has 0 atom stereocenters. The Hall–Kier alpha value is -1.91. The molecule has 2 aromatic rings. The number of nitrogens with one attached hydrogen (secondary N) is 1. The fourth-order valence-corrected chi connectivity index (χ4v) is 2.00. The summed E-state index contributed by atoms with van der Waals surface area (Å²) in [7, 11) is 1.64. The van der Waals surface area contributed by atoms with Crippen LogP contribution >= 0.6 is 0 Å². The maximum atomic E-state index is 14.0. The number of ether oxygens (including phenoxy) is 2. The van der Waals surface area contributed by atoms with Gasteiger partial charge in [-0.15, -0.1) is 0 Å². The second-order valence-electron chi connectivity index (χ2n) is 4.73. The van der Waals surface area contributed by atoms with Crippen LogP contribution in [-0.2, 0) is 17.9 Å². The minimum absolute atomic E-state index is 0.227. The van der Waals surface area contributed by atoms with Gasteiger partial charge in [-0.3, -0.25) is 0 Å². The van der Waals surface area contributed by atoms with Gasteiger partial charge in [0.25, 0.3) is 0 Å². The van der Waals surface area contributed by atoms with Crippen LogP contribution in [0.1, 0.15) is 18.1 Å². The second-order valence-corrected chi connectivity index (χ2v) is 4.73. The first-order chi connectivity index (χ1) is 10.2. The van der Waals surface area contributed by atoms with Gasteiger partial charge in [-0.2, -0.15) is 0 Å². The van der Waals surface area contributed by atoms with E-state index >= 15 is 0 Å². The molecule has 0 radical (unpaired) electrons. The van der Waals surface area contributed by atoms with Gasteiger partial charge in [0.15, 0.2) is 11.6 Å². The molecule has 0 heterocycles. The quantitative estimate of drug-likeness (QED) is 0.839. The van der Waals surface area contributed by atoms with E-state index in [0.29, 0.717) is 18.9 Å². The lowest BCUT2D eigenvalue weighted by Gasteiger charge is -2.10. The minimum Gasteiger partial charge on any atom is -0.454 e. The topological polar surface area (TPSA) is 30.5 Å². The number of methoxy groups -OCH3 is 1. The second kappa shape index (κ2) is 7.76. The van der Waals surface area contributed by atoms with Crippen LogP contribution in [0.3, 0.4) is 0 Å². The molecule has 0 aliphatic heterocycles. The molecule has 4 heteroatoms. The van der Waals surface area contributed by atoms with Crippen LogP contribution in [0.5, 0.6) is 11.5 Å². The Morgan fingerprint density at radius 1 is 1.10 bits per heavy atom. The Labute approximate surface area is 124 Å². The molecule has 0 aliphatic carbocycles. The molecule has 0 saturated carbocycles. The summed E-state index contributed by atoms with van der Waals surface area (Å²) in [6.45, 7) is 4.02. The van der Waals surface area contributed by atoms with E-state index in [1.807, 2.05) is 31.2 Å². The summed E-state index contributed by atoms with van der Waals surface area (Å²) in [5.41, 5.74) is 1.88. The molecule has 0 aromatic heterocycles. The van der Waals surface area contributed by atoms with Crippen LogP contribution < -0.4 is 10.1 Å². The first-order valence-corrected chi connectivity index (χ1v) is 6.97. The lowest BCUT2D eigenvalue weighted by Crippen LogP contribution is -2.11. The Morgan fingerprint density at radius 3 is 2.67 bits per heavy atom. The summed E-state index contributed by atoms with van der Waals surface area (Å²) in [6, 6.07) is 12.5. The van der Waals surface area contributed by atoms with Crippen molar-refractivity contribution in [2.75, 3.05) is 13.7 Å². The van der Waals surface area contributed by atoms with E-state index in [0.717, 1.165) is 17.7 Å². The van der Waals surface area contributed by atoms with Gasteiger partial charge < -0.3 is 14.8 Å². The van der Waals surface area contributed by atoms with Crippen molar-refractivity contribution in [3.63, 3.8) is 0 Å². The van der Waals surface area contributed by atoms with Crippen molar-refractivity contribution in [2.24, 2.45) is 0 Å². The van der Waals surface area contributed by atoms with E-state index in [2.05, 4.69) is 5.32 Å². The van der Waals surface area contributed by atoms with Gasteiger partial charge in [-0.05, 0) is 41.9 Å². The lowest BCUT2D eigenvalue weighted by molar-refractivity contribution is 0.184. The first kappa shape index (κ1) is 15.5. The predicted molar refractivity (Wildman–Crippen MR) is 81.0 cm³/mol. The third kappa shape index (κ3) is 4.55. The Balaban J connectivity index is 2.10. The van der Waals surface area contributed by atoms with Crippen molar-refractivity contribution in [2.45, 2.75) is 20.1 Å². The number of halogens is 1. The van der Waals surface area contributed by atoms with E-state index in [4.69, 9.17) is 9.47 Å². The minimum atomic E-state index is -0.359. The molecule has 2 aromatic carbocycles. The highest BCUT2D eigenvalue weighted by Gasteiger charge is 2.06. The summed E-state index contributed by atoms with van der Waals surface area (Å²) in [5, 5.41) is 3.16. The number of rotatable bonds is 7. The highest BCUT2D eigenvalue weighted by Crippen LogP contribution is 2.26. The average Bonchev–Trinajstić information content (AvgIpc) is 2.48. The van der Waals surface area contributed by atoms with Gasteiger partial charge in [-0.1, -0.05) is 25.1 Å². The molecule has 0 aliphatic rings. The number of benzene rings is 2. The third-order valence-corrected chi connectivity index (χ3v) is 3.01.